The maximum Gasteiger partial charge on any atom is 0.196 e. The topological polar surface area (TPSA) is 38.7 Å². The smallest absolute Gasteiger partial charge is 0.196 e. The first-order valence-electron chi connectivity index (χ1n) is 4.71. The summed E-state index contributed by atoms with van der Waals surface area (Å²) < 4.78 is 10.7. The van der Waals surface area contributed by atoms with E-state index < -0.39 is 0 Å². The third-order valence-electron chi connectivity index (χ3n) is 1.87. The Morgan fingerprint density at radius 2 is 2.14 bits per heavy atom. The van der Waals surface area contributed by atoms with E-state index in [9.17, 15) is 5.11 Å². The Kier molecular flexibility index (Phi) is 3.77. The highest BCUT2D eigenvalue weighted by molar-refractivity contribution is 5.38. The molecule has 14 heavy (non-hydrogen) atoms. The number of aryl methyl sites for hydroxylation is 1. The molecule has 0 aliphatic heterocycles. The maximum atomic E-state index is 9.29. The quantitative estimate of drug-likeness (QED) is 0.752. The van der Waals surface area contributed by atoms with Gasteiger partial charge in [0, 0.05) is 6.61 Å². The van der Waals surface area contributed by atoms with Gasteiger partial charge < -0.3 is 14.6 Å². The normalized spacial score (nSPS) is 12.5. The molecule has 1 rings (SSSR count). The molecule has 0 heterocycles. The second-order valence-corrected chi connectivity index (χ2v) is 3.09. The predicted molar refractivity (Wildman–Crippen MR) is 54.6 cm³/mol. The van der Waals surface area contributed by atoms with Gasteiger partial charge in [-0.2, -0.15) is 0 Å². The number of benzene rings is 1. The highest BCUT2D eigenvalue weighted by Gasteiger charge is 2.04. The molecule has 0 radical (unpaired) electrons. The van der Waals surface area contributed by atoms with E-state index in [1.807, 2.05) is 20.8 Å². The van der Waals surface area contributed by atoms with Crippen LogP contribution in [-0.2, 0) is 4.74 Å². The van der Waals surface area contributed by atoms with E-state index in [1.165, 1.54) is 0 Å². The molecule has 3 nitrogen and oxygen atoms in total. The van der Waals surface area contributed by atoms with Crippen molar-refractivity contribution in [3.8, 4) is 11.5 Å². The fourth-order valence-electron chi connectivity index (χ4n) is 1.16. The number of hydrogen-bond acceptors (Lipinski definition) is 3. The Hall–Kier alpha value is -1.22. The largest absolute Gasteiger partial charge is 0.508 e. The number of ether oxygens (including phenoxy) is 2. The fraction of sp³-hybridized carbons (Fsp3) is 0.455. The average Bonchev–Trinajstić information content (AvgIpc) is 2.12. The summed E-state index contributed by atoms with van der Waals surface area (Å²) in [6.45, 7) is 6.21. The van der Waals surface area contributed by atoms with Crippen molar-refractivity contribution < 1.29 is 14.6 Å². The van der Waals surface area contributed by atoms with Gasteiger partial charge in [0.25, 0.3) is 0 Å². The lowest BCUT2D eigenvalue weighted by Gasteiger charge is -2.14. The minimum atomic E-state index is -0.260. The highest BCUT2D eigenvalue weighted by Crippen LogP contribution is 2.22. The molecule has 1 aromatic rings. The molecule has 0 spiro atoms. The van der Waals surface area contributed by atoms with Crippen molar-refractivity contribution in [2.45, 2.75) is 27.1 Å². The van der Waals surface area contributed by atoms with E-state index >= 15 is 0 Å². The summed E-state index contributed by atoms with van der Waals surface area (Å²) in [5.41, 5.74) is 0.797. The summed E-state index contributed by atoms with van der Waals surface area (Å²) in [4.78, 5) is 0. The molecule has 0 aliphatic rings. The number of rotatable bonds is 4. The Balaban J connectivity index is 2.63. The monoisotopic (exact) mass is 196 g/mol. The van der Waals surface area contributed by atoms with Gasteiger partial charge in [-0.1, -0.05) is 0 Å². The molecule has 1 unspecified atom stereocenters. The van der Waals surface area contributed by atoms with E-state index in [2.05, 4.69) is 0 Å². The van der Waals surface area contributed by atoms with Gasteiger partial charge in [0.1, 0.15) is 11.5 Å². The molecule has 1 atom stereocenters. The summed E-state index contributed by atoms with van der Waals surface area (Å²) in [7, 11) is 0. The maximum absolute atomic E-state index is 9.29. The van der Waals surface area contributed by atoms with Crippen LogP contribution >= 0.6 is 0 Å². The van der Waals surface area contributed by atoms with Crippen LogP contribution < -0.4 is 4.74 Å². The van der Waals surface area contributed by atoms with E-state index in [4.69, 9.17) is 9.47 Å². The molecule has 0 fully saturated rings. The van der Waals surface area contributed by atoms with Crippen molar-refractivity contribution in [1.29, 1.82) is 0 Å². The van der Waals surface area contributed by atoms with Crippen LogP contribution in [-0.4, -0.2) is 18.0 Å². The van der Waals surface area contributed by atoms with Crippen LogP contribution in [0.25, 0.3) is 0 Å². The van der Waals surface area contributed by atoms with E-state index in [0.717, 1.165) is 5.56 Å². The van der Waals surface area contributed by atoms with E-state index in [-0.39, 0.29) is 12.0 Å². The molecule has 0 amide bonds. The molecule has 1 N–H and O–H groups in total. The van der Waals surface area contributed by atoms with Gasteiger partial charge in [0.2, 0.25) is 0 Å². The lowest BCUT2D eigenvalue weighted by Crippen LogP contribution is -2.15. The molecule has 0 aliphatic carbocycles. The van der Waals surface area contributed by atoms with Crippen LogP contribution in [0.5, 0.6) is 11.5 Å². The molecular weight excluding hydrogens is 180 g/mol. The Morgan fingerprint density at radius 1 is 1.43 bits per heavy atom. The second kappa shape index (κ2) is 4.86. The van der Waals surface area contributed by atoms with Crippen molar-refractivity contribution in [1.82, 2.24) is 0 Å². The Morgan fingerprint density at radius 3 is 2.71 bits per heavy atom. The molecular formula is C11H16O3. The molecule has 78 valence electrons. The second-order valence-electron chi connectivity index (χ2n) is 3.09. The van der Waals surface area contributed by atoms with Gasteiger partial charge in [0.05, 0.1) is 0 Å². The van der Waals surface area contributed by atoms with E-state index in [0.29, 0.717) is 12.4 Å². The van der Waals surface area contributed by atoms with Crippen molar-refractivity contribution >= 4 is 0 Å². The Bertz CT molecular complexity index is 297. The van der Waals surface area contributed by atoms with Gasteiger partial charge >= 0.3 is 0 Å². The first-order valence-corrected chi connectivity index (χ1v) is 4.71. The van der Waals surface area contributed by atoms with Gasteiger partial charge in [-0.05, 0) is 44.5 Å². The summed E-state index contributed by atoms with van der Waals surface area (Å²) in [5, 5.41) is 9.29. The number of phenols is 1. The fourth-order valence-corrected chi connectivity index (χ4v) is 1.16. The van der Waals surface area contributed by atoms with Crippen LogP contribution in [0.1, 0.15) is 19.4 Å². The summed E-state index contributed by atoms with van der Waals surface area (Å²) in [5.74, 6) is 0.989. The van der Waals surface area contributed by atoms with Gasteiger partial charge in [0.15, 0.2) is 6.29 Å². The number of aromatic hydroxyl groups is 1. The van der Waals surface area contributed by atoms with Crippen molar-refractivity contribution in [3.63, 3.8) is 0 Å². The van der Waals surface area contributed by atoms with Crippen LogP contribution in [0, 0.1) is 6.92 Å². The highest BCUT2D eigenvalue weighted by atomic mass is 16.7. The first kappa shape index (κ1) is 10.9. The SMILES string of the molecule is CCOC(C)Oc1ccc(O)c(C)c1. The summed E-state index contributed by atoms with van der Waals surface area (Å²) in [6.07, 6.45) is -0.260. The molecule has 0 bridgehead atoms. The summed E-state index contributed by atoms with van der Waals surface area (Å²) >= 11 is 0. The number of hydrogen-bond donors (Lipinski definition) is 1. The minimum absolute atomic E-state index is 0.260. The van der Waals surface area contributed by atoms with Crippen LogP contribution in [0.4, 0.5) is 0 Å². The zero-order chi connectivity index (χ0) is 10.6. The van der Waals surface area contributed by atoms with Gasteiger partial charge in [-0.15, -0.1) is 0 Å². The van der Waals surface area contributed by atoms with Crippen LogP contribution in [0.2, 0.25) is 0 Å². The molecule has 0 saturated carbocycles. The lowest BCUT2D eigenvalue weighted by molar-refractivity contribution is -0.0613. The predicted octanol–water partition coefficient (Wildman–Crippen LogP) is 2.46. The zero-order valence-electron chi connectivity index (χ0n) is 8.78. The van der Waals surface area contributed by atoms with Gasteiger partial charge in [-0.25, -0.2) is 0 Å². The third-order valence-corrected chi connectivity index (χ3v) is 1.87. The van der Waals surface area contributed by atoms with Crippen LogP contribution in [0.3, 0.4) is 0 Å². The molecule has 0 aromatic heterocycles. The third kappa shape index (κ3) is 2.92. The van der Waals surface area contributed by atoms with Crippen molar-refractivity contribution in [2.24, 2.45) is 0 Å². The van der Waals surface area contributed by atoms with E-state index in [1.54, 1.807) is 18.2 Å². The molecule has 0 saturated heterocycles. The first-order chi connectivity index (χ1) is 6.63. The molecule has 3 heteroatoms. The minimum Gasteiger partial charge on any atom is -0.508 e. The number of phenolic OH excluding ortho intramolecular Hbond substituents is 1. The van der Waals surface area contributed by atoms with Crippen molar-refractivity contribution in [3.05, 3.63) is 23.8 Å². The Labute approximate surface area is 84.3 Å². The van der Waals surface area contributed by atoms with Crippen LogP contribution in [0.15, 0.2) is 18.2 Å². The molecule has 1 aromatic carbocycles. The van der Waals surface area contributed by atoms with Crippen molar-refractivity contribution in [2.75, 3.05) is 6.61 Å². The summed E-state index contributed by atoms with van der Waals surface area (Å²) in [6, 6.07) is 5.12. The lowest BCUT2D eigenvalue weighted by atomic mass is 10.2. The van der Waals surface area contributed by atoms with Gasteiger partial charge in [-0.3, -0.25) is 0 Å². The standard InChI is InChI=1S/C11H16O3/c1-4-13-9(3)14-10-5-6-11(12)8(2)7-10/h5-7,9,12H,4H2,1-3H3. The average molecular weight is 196 g/mol. The zero-order valence-corrected chi connectivity index (χ0v) is 8.78.